The van der Waals surface area contributed by atoms with E-state index >= 15 is 0 Å². The quantitative estimate of drug-likeness (QED) is 0.745. The molecule has 152 valence electrons. The Balaban J connectivity index is 1.78. The topological polar surface area (TPSA) is 88.2 Å². The Morgan fingerprint density at radius 2 is 1.70 bits per heavy atom. The average Bonchev–Trinajstić information content (AvgIpc) is 2.85. The van der Waals surface area contributed by atoms with Gasteiger partial charge in [-0.1, -0.05) is 5.57 Å². The maximum atomic E-state index is 12.5. The van der Waals surface area contributed by atoms with Crippen LogP contribution in [0, 0.1) is 0 Å². The molecule has 0 aromatic rings. The molecule has 8 nitrogen and oxygen atoms in total. The van der Waals surface area contributed by atoms with Crippen LogP contribution in [0.15, 0.2) is 11.6 Å². The van der Waals surface area contributed by atoms with E-state index in [0.717, 1.165) is 24.8 Å². The van der Waals surface area contributed by atoms with E-state index in [2.05, 4.69) is 5.32 Å². The maximum absolute atomic E-state index is 12.5. The molecule has 3 amide bonds. The van der Waals surface area contributed by atoms with Crippen molar-refractivity contribution < 1.29 is 23.9 Å². The van der Waals surface area contributed by atoms with Crippen LogP contribution in [0.3, 0.4) is 0 Å². The Labute approximate surface area is 160 Å². The first-order valence-electron chi connectivity index (χ1n) is 9.55. The van der Waals surface area contributed by atoms with E-state index in [-0.39, 0.29) is 18.4 Å². The van der Waals surface area contributed by atoms with E-state index < -0.39 is 11.7 Å². The van der Waals surface area contributed by atoms with E-state index in [1.807, 2.05) is 0 Å². The predicted octanol–water partition coefficient (Wildman–Crippen LogP) is 1.31. The second-order valence-corrected chi connectivity index (χ2v) is 7.83. The molecule has 0 aliphatic carbocycles. The van der Waals surface area contributed by atoms with Crippen LogP contribution in [0.2, 0.25) is 0 Å². The van der Waals surface area contributed by atoms with E-state index in [1.165, 1.54) is 0 Å². The fourth-order valence-corrected chi connectivity index (χ4v) is 3.00. The number of ether oxygens (including phenoxy) is 2. The molecule has 2 fully saturated rings. The standard InChI is InChI=1S/C19H31N3O5/c1-19(2,3)27-18(25)20-14-17(24)22-8-4-7-21(9-10-22)16(23)13-15-5-11-26-12-6-15/h13H,4-12,14H2,1-3H3,(H,20,25). The number of rotatable bonds is 3. The molecule has 2 heterocycles. The first-order chi connectivity index (χ1) is 12.7. The second kappa shape index (κ2) is 9.73. The lowest BCUT2D eigenvalue weighted by molar-refractivity contribution is -0.131. The van der Waals surface area contributed by atoms with Gasteiger partial charge in [0.2, 0.25) is 11.8 Å². The highest BCUT2D eigenvalue weighted by molar-refractivity contribution is 5.88. The van der Waals surface area contributed by atoms with Gasteiger partial charge in [0.05, 0.1) is 13.2 Å². The molecular formula is C19H31N3O5. The zero-order valence-corrected chi connectivity index (χ0v) is 16.6. The Hall–Kier alpha value is -2.09. The third kappa shape index (κ3) is 7.58. The van der Waals surface area contributed by atoms with Crippen LogP contribution < -0.4 is 5.32 Å². The van der Waals surface area contributed by atoms with Crippen LogP contribution in [0.4, 0.5) is 4.79 Å². The number of carbonyl (C=O) groups excluding carboxylic acids is 3. The molecule has 2 rings (SSSR count). The molecule has 2 aliphatic rings. The normalized spacial score (nSPS) is 18.6. The number of hydrogen-bond donors (Lipinski definition) is 1. The van der Waals surface area contributed by atoms with Gasteiger partial charge in [0, 0.05) is 32.3 Å². The minimum absolute atomic E-state index is 0.00748. The van der Waals surface area contributed by atoms with Crippen LogP contribution in [0.5, 0.6) is 0 Å². The van der Waals surface area contributed by atoms with Gasteiger partial charge in [-0.05, 0) is 40.0 Å². The van der Waals surface area contributed by atoms with Gasteiger partial charge in [0.15, 0.2) is 0 Å². The molecule has 2 saturated heterocycles. The average molecular weight is 381 g/mol. The van der Waals surface area contributed by atoms with E-state index in [9.17, 15) is 14.4 Å². The minimum atomic E-state index is -0.606. The summed E-state index contributed by atoms with van der Waals surface area (Å²) in [6.45, 7) is 8.71. The van der Waals surface area contributed by atoms with Crippen molar-refractivity contribution >= 4 is 17.9 Å². The summed E-state index contributed by atoms with van der Waals surface area (Å²) >= 11 is 0. The molecular weight excluding hydrogens is 350 g/mol. The van der Waals surface area contributed by atoms with Gasteiger partial charge in [-0.25, -0.2) is 4.79 Å². The lowest BCUT2D eigenvalue weighted by atomic mass is 10.1. The first-order valence-corrected chi connectivity index (χ1v) is 9.55. The van der Waals surface area contributed by atoms with Gasteiger partial charge in [-0.2, -0.15) is 0 Å². The van der Waals surface area contributed by atoms with Crippen molar-refractivity contribution in [3.05, 3.63) is 11.6 Å². The fourth-order valence-electron chi connectivity index (χ4n) is 3.00. The van der Waals surface area contributed by atoms with Crippen molar-refractivity contribution in [2.24, 2.45) is 0 Å². The van der Waals surface area contributed by atoms with E-state index in [4.69, 9.17) is 9.47 Å². The van der Waals surface area contributed by atoms with Gasteiger partial charge >= 0.3 is 6.09 Å². The maximum Gasteiger partial charge on any atom is 0.408 e. The van der Waals surface area contributed by atoms with Crippen LogP contribution in [0.1, 0.15) is 40.0 Å². The number of nitrogens with zero attached hydrogens (tertiary/aromatic N) is 2. The molecule has 0 bridgehead atoms. The smallest absolute Gasteiger partial charge is 0.408 e. The van der Waals surface area contributed by atoms with Crippen LogP contribution in [-0.4, -0.2) is 79.2 Å². The number of alkyl carbamates (subject to hydrolysis) is 1. The van der Waals surface area contributed by atoms with Crippen molar-refractivity contribution in [3.63, 3.8) is 0 Å². The summed E-state index contributed by atoms with van der Waals surface area (Å²) < 4.78 is 10.4. The Kier molecular flexibility index (Phi) is 7.65. The van der Waals surface area contributed by atoms with Crippen molar-refractivity contribution in [2.45, 2.75) is 45.6 Å². The molecule has 0 atom stereocenters. The largest absolute Gasteiger partial charge is 0.444 e. The van der Waals surface area contributed by atoms with Crippen molar-refractivity contribution in [2.75, 3.05) is 45.9 Å². The van der Waals surface area contributed by atoms with Gasteiger partial charge in [0.25, 0.3) is 0 Å². The van der Waals surface area contributed by atoms with Crippen LogP contribution in [0.25, 0.3) is 0 Å². The van der Waals surface area contributed by atoms with Gasteiger partial charge < -0.3 is 24.6 Å². The van der Waals surface area contributed by atoms with Gasteiger partial charge in [-0.15, -0.1) is 0 Å². The Morgan fingerprint density at radius 3 is 2.37 bits per heavy atom. The minimum Gasteiger partial charge on any atom is -0.444 e. The summed E-state index contributed by atoms with van der Waals surface area (Å²) in [7, 11) is 0. The third-order valence-corrected chi connectivity index (χ3v) is 4.41. The Morgan fingerprint density at radius 1 is 1.07 bits per heavy atom. The Bertz CT molecular complexity index is 574. The predicted molar refractivity (Wildman–Crippen MR) is 100 cm³/mol. The summed E-state index contributed by atoms with van der Waals surface area (Å²) in [5.74, 6) is -0.161. The molecule has 2 aliphatic heterocycles. The molecule has 0 spiro atoms. The molecule has 0 radical (unpaired) electrons. The molecule has 27 heavy (non-hydrogen) atoms. The summed E-state index contributed by atoms with van der Waals surface area (Å²) in [6, 6.07) is 0. The van der Waals surface area contributed by atoms with E-state index in [1.54, 1.807) is 36.6 Å². The lowest BCUT2D eigenvalue weighted by Gasteiger charge is -2.23. The molecule has 0 saturated carbocycles. The zero-order valence-electron chi connectivity index (χ0n) is 16.6. The number of nitrogens with one attached hydrogen (secondary N) is 1. The fraction of sp³-hybridized carbons (Fsp3) is 0.737. The SMILES string of the molecule is CC(C)(C)OC(=O)NCC(=O)N1CCCN(C(=O)C=C2CCOCC2)CC1. The zero-order chi connectivity index (χ0) is 19.9. The van der Waals surface area contributed by atoms with Crippen molar-refractivity contribution in [1.82, 2.24) is 15.1 Å². The first kappa shape index (κ1) is 21.2. The number of hydrogen-bond acceptors (Lipinski definition) is 5. The third-order valence-electron chi connectivity index (χ3n) is 4.41. The van der Waals surface area contributed by atoms with E-state index in [0.29, 0.717) is 39.4 Å². The highest BCUT2D eigenvalue weighted by Gasteiger charge is 2.23. The molecule has 0 aromatic carbocycles. The van der Waals surface area contributed by atoms with Crippen LogP contribution in [-0.2, 0) is 19.1 Å². The van der Waals surface area contributed by atoms with Crippen molar-refractivity contribution in [3.8, 4) is 0 Å². The lowest BCUT2D eigenvalue weighted by Crippen LogP contribution is -2.43. The van der Waals surface area contributed by atoms with Crippen LogP contribution >= 0.6 is 0 Å². The second-order valence-electron chi connectivity index (χ2n) is 7.83. The number of amides is 3. The van der Waals surface area contributed by atoms with Crippen molar-refractivity contribution in [1.29, 1.82) is 0 Å². The molecule has 0 aromatic heterocycles. The highest BCUT2D eigenvalue weighted by atomic mass is 16.6. The molecule has 0 unspecified atom stereocenters. The molecule has 8 heteroatoms. The van der Waals surface area contributed by atoms with Gasteiger partial charge in [0.1, 0.15) is 12.1 Å². The summed E-state index contributed by atoms with van der Waals surface area (Å²) in [6.07, 6.45) is 3.45. The summed E-state index contributed by atoms with van der Waals surface area (Å²) in [5, 5.41) is 2.49. The van der Waals surface area contributed by atoms with Gasteiger partial charge in [-0.3, -0.25) is 9.59 Å². The number of carbonyl (C=O) groups is 3. The monoisotopic (exact) mass is 381 g/mol. The highest BCUT2D eigenvalue weighted by Crippen LogP contribution is 2.14. The summed E-state index contributed by atoms with van der Waals surface area (Å²) in [4.78, 5) is 40.0. The molecule has 1 N–H and O–H groups in total. The summed E-state index contributed by atoms with van der Waals surface area (Å²) in [5.41, 5.74) is 0.528.